The fourth-order valence-electron chi connectivity index (χ4n) is 3.53. The van der Waals surface area contributed by atoms with E-state index in [4.69, 9.17) is 10.8 Å². The van der Waals surface area contributed by atoms with E-state index in [0.29, 0.717) is 28.4 Å². The molecule has 0 bridgehead atoms. The SMILES string of the molecule is CC(C)n1nc(-n2c(C(=O)NC3CC3)cc3ccccc32)c2c(N)ncnc21. The molecule has 4 aromatic rings. The van der Waals surface area contributed by atoms with E-state index < -0.39 is 0 Å². The van der Waals surface area contributed by atoms with E-state index in [1.807, 2.05) is 53.4 Å². The van der Waals surface area contributed by atoms with Gasteiger partial charge in [0.05, 0.1) is 5.52 Å². The maximum atomic E-state index is 13.0. The number of hydrogen-bond donors (Lipinski definition) is 2. The maximum absolute atomic E-state index is 13.0. The van der Waals surface area contributed by atoms with Crippen molar-refractivity contribution >= 4 is 33.7 Å². The van der Waals surface area contributed by atoms with E-state index in [-0.39, 0.29) is 18.0 Å². The van der Waals surface area contributed by atoms with Crippen LogP contribution in [-0.2, 0) is 0 Å². The molecule has 0 saturated heterocycles. The van der Waals surface area contributed by atoms with Gasteiger partial charge >= 0.3 is 0 Å². The van der Waals surface area contributed by atoms with E-state index >= 15 is 0 Å². The molecule has 3 N–H and O–H groups in total. The Morgan fingerprint density at radius 1 is 1.25 bits per heavy atom. The average Bonchev–Trinajstić information content (AvgIpc) is 3.27. The number of nitrogens with one attached hydrogen (secondary N) is 1. The Morgan fingerprint density at radius 3 is 2.79 bits per heavy atom. The number of amides is 1. The zero-order valence-corrected chi connectivity index (χ0v) is 15.8. The van der Waals surface area contributed by atoms with Crippen molar-refractivity contribution in [3.63, 3.8) is 0 Å². The Labute approximate surface area is 161 Å². The molecule has 3 aromatic heterocycles. The summed E-state index contributed by atoms with van der Waals surface area (Å²) in [6.07, 6.45) is 3.49. The van der Waals surface area contributed by atoms with E-state index in [1.165, 1.54) is 6.33 Å². The third-order valence-corrected chi connectivity index (χ3v) is 5.06. The number of para-hydroxylation sites is 1. The Bertz CT molecular complexity index is 1220. The van der Waals surface area contributed by atoms with Crippen molar-refractivity contribution in [1.82, 2.24) is 29.6 Å². The zero-order chi connectivity index (χ0) is 19.4. The van der Waals surface area contributed by atoms with Crippen LogP contribution >= 0.6 is 0 Å². The van der Waals surface area contributed by atoms with Gasteiger partial charge in [-0.15, -0.1) is 0 Å². The standard InChI is InChI=1S/C20H21N7O/c1-11(2)27-18-16(17(21)22-10-23-18)19(25-27)26-14-6-4-3-5-12(14)9-15(26)20(28)24-13-7-8-13/h3-6,9-11,13H,7-8H2,1-2H3,(H,24,28)(H2,21,22,23). The van der Waals surface area contributed by atoms with Crippen molar-refractivity contribution < 1.29 is 4.79 Å². The summed E-state index contributed by atoms with van der Waals surface area (Å²) in [7, 11) is 0. The number of benzene rings is 1. The minimum Gasteiger partial charge on any atom is -0.383 e. The number of nitrogens with zero attached hydrogens (tertiary/aromatic N) is 5. The van der Waals surface area contributed by atoms with Crippen LogP contribution in [0.3, 0.4) is 0 Å². The van der Waals surface area contributed by atoms with Crippen molar-refractivity contribution in [2.24, 2.45) is 0 Å². The lowest BCUT2D eigenvalue weighted by Crippen LogP contribution is -2.27. The first-order valence-electron chi connectivity index (χ1n) is 9.45. The summed E-state index contributed by atoms with van der Waals surface area (Å²) in [5, 5.41) is 9.49. The number of carbonyl (C=O) groups is 1. The monoisotopic (exact) mass is 375 g/mol. The summed E-state index contributed by atoms with van der Waals surface area (Å²) < 4.78 is 3.69. The first-order chi connectivity index (χ1) is 13.5. The van der Waals surface area contributed by atoms with Crippen molar-refractivity contribution in [2.45, 2.75) is 38.8 Å². The number of fused-ring (bicyclic) bond motifs is 2. The van der Waals surface area contributed by atoms with Gasteiger partial charge in [0.15, 0.2) is 11.5 Å². The van der Waals surface area contributed by atoms with E-state index in [9.17, 15) is 4.79 Å². The number of nitrogen functional groups attached to an aromatic ring is 1. The van der Waals surface area contributed by atoms with Crippen LogP contribution in [0.4, 0.5) is 5.82 Å². The number of aromatic nitrogens is 5. The molecule has 3 heterocycles. The van der Waals surface area contributed by atoms with Gasteiger partial charge in [0, 0.05) is 17.5 Å². The first kappa shape index (κ1) is 16.7. The molecule has 0 aliphatic heterocycles. The summed E-state index contributed by atoms with van der Waals surface area (Å²) in [4.78, 5) is 21.6. The Morgan fingerprint density at radius 2 is 2.04 bits per heavy atom. The summed E-state index contributed by atoms with van der Waals surface area (Å²) in [6, 6.07) is 10.1. The van der Waals surface area contributed by atoms with E-state index in [1.54, 1.807) is 0 Å². The topological polar surface area (TPSA) is 104 Å². The highest BCUT2D eigenvalue weighted by Crippen LogP contribution is 2.32. The molecule has 1 amide bonds. The smallest absolute Gasteiger partial charge is 0.268 e. The summed E-state index contributed by atoms with van der Waals surface area (Å²) in [5.41, 5.74) is 8.30. The fraction of sp³-hybridized carbons (Fsp3) is 0.300. The van der Waals surface area contributed by atoms with E-state index in [2.05, 4.69) is 15.3 Å². The van der Waals surface area contributed by atoms with Gasteiger partial charge < -0.3 is 11.1 Å². The summed E-state index contributed by atoms with van der Waals surface area (Å²) >= 11 is 0. The molecule has 5 rings (SSSR count). The molecule has 1 aliphatic carbocycles. The highest BCUT2D eigenvalue weighted by molar-refractivity contribution is 6.02. The molecule has 1 aromatic carbocycles. The number of carbonyl (C=O) groups excluding carboxylic acids is 1. The van der Waals surface area contributed by atoms with Crippen LogP contribution in [0.15, 0.2) is 36.7 Å². The lowest BCUT2D eigenvalue weighted by atomic mass is 10.2. The second-order valence-corrected chi connectivity index (χ2v) is 7.49. The second kappa shape index (κ2) is 6.05. The third-order valence-electron chi connectivity index (χ3n) is 5.06. The van der Waals surface area contributed by atoms with Gasteiger partial charge in [-0.05, 0) is 38.8 Å². The van der Waals surface area contributed by atoms with Crippen LogP contribution in [0.2, 0.25) is 0 Å². The molecule has 1 fully saturated rings. The Balaban J connectivity index is 1.83. The van der Waals surface area contributed by atoms with Gasteiger partial charge in [-0.2, -0.15) is 5.10 Å². The molecule has 1 aliphatic rings. The van der Waals surface area contributed by atoms with Crippen LogP contribution in [0.25, 0.3) is 27.8 Å². The predicted octanol–water partition coefficient (Wildman–Crippen LogP) is 2.83. The number of hydrogen-bond acceptors (Lipinski definition) is 5. The van der Waals surface area contributed by atoms with Crippen molar-refractivity contribution in [2.75, 3.05) is 5.73 Å². The largest absolute Gasteiger partial charge is 0.383 e. The average molecular weight is 375 g/mol. The van der Waals surface area contributed by atoms with Gasteiger partial charge in [0.2, 0.25) is 0 Å². The van der Waals surface area contributed by atoms with Crippen molar-refractivity contribution in [3.05, 3.63) is 42.4 Å². The molecule has 0 atom stereocenters. The van der Waals surface area contributed by atoms with Gasteiger partial charge in [0.1, 0.15) is 23.2 Å². The van der Waals surface area contributed by atoms with Crippen LogP contribution in [-0.4, -0.2) is 36.3 Å². The van der Waals surface area contributed by atoms with Gasteiger partial charge in [-0.3, -0.25) is 9.36 Å². The molecule has 0 radical (unpaired) electrons. The third kappa shape index (κ3) is 2.52. The maximum Gasteiger partial charge on any atom is 0.268 e. The van der Waals surface area contributed by atoms with Crippen molar-refractivity contribution in [3.8, 4) is 5.82 Å². The van der Waals surface area contributed by atoms with Crippen LogP contribution in [0.1, 0.15) is 43.2 Å². The van der Waals surface area contributed by atoms with Crippen molar-refractivity contribution in [1.29, 1.82) is 0 Å². The number of nitrogens with two attached hydrogens (primary N) is 1. The quantitative estimate of drug-likeness (QED) is 0.571. The normalized spacial score (nSPS) is 14.2. The highest BCUT2D eigenvalue weighted by Gasteiger charge is 2.28. The molecule has 142 valence electrons. The van der Waals surface area contributed by atoms with Crippen LogP contribution in [0.5, 0.6) is 0 Å². The zero-order valence-electron chi connectivity index (χ0n) is 15.8. The summed E-state index contributed by atoms with van der Waals surface area (Å²) in [5.74, 6) is 0.809. The lowest BCUT2D eigenvalue weighted by molar-refractivity contribution is 0.0944. The van der Waals surface area contributed by atoms with Crippen LogP contribution < -0.4 is 11.1 Å². The first-order valence-corrected chi connectivity index (χ1v) is 9.45. The lowest BCUT2D eigenvalue weighted by Gasteiger charge is -2.09. The van der Waals surface area contributed by atoms with Gasteiger partial charge in [0.25, 0.3) is 5.91 Å². The van der Waals surface area contributed by atoms with Gasteiger partial charge in [-0.25, -0.2) is 14.6 Å². The van der Waals surface area contributed by atoms with E-state index in [0.717, 1.165) is 23.7 Å². The fourth-order valence-corrected chi connectivity index (χ4v) is 3.53. The van der Waals surface area contributed by atoms with Crippen LogP contribution in [0, 0.1) is 0 Å². The molecular formula is C20H21N7O. The molecule has 1 saturated carbocycles. The Hall–Kier alpha value is -3.42. The number of anilines is 1. The molecular weight excluding hydrogens is 354 g/mol. The highest BCUT2D eigenvalue weighted by atomic mass is 16.2. The predicted molar refractivity (Wildman–Crippen MR) is 107 cm³/mol. The molecule has 8 heteroatoms. The molecule has 0 unspecified atom stereocenters. The minimum absolute atomic E-state index is 0.0797. The second-order valence-electron chi connectivity index (χ2n) is 7.49. The van der Waals surface area contributed by atoms with Gasteiger partial charge in [-0.1, -0.05) is 18.2 Å². The Kier molecular flexibility index (Phi) is 3.61. The minimum atomic E-state index is -0.110. The number of rotatable bonds is 4. The molecule has 0 spiro atoms. The summed E-state index contributed by atoms with van der Waals surface area (Å²) in [6.45, 7) is 4.06. The molecule has 8 nitrogen and oxygen atoms in total. The molecule has 28 heavy (non-hydrogen) atoms.